The van der Waals surface area contributed by atoms with E-state index in [2.05, 4.69) is 19.6 Å². The molecule has 70 heavy (non-hydrogen) atoms. The number of oxime groups is 1. The van der Waals surface area contributed by atoms with Crippen molar-refractivity contribution in [3.63, 3.8) is 0 Å². The number of fused-ring (bicyclic) bond motifs is 2. The molecule has 3 aromatic rings. The van der Waals surface area contributed by atoms with Gasteiger partial charge >= 0.3 is 0 Å². The molecule has 2 heterocycles. The molecule has 0 spiro atoms. The molecule has 1 saturated carbocycles. The van der Waals surface area contributed by atoms with Gasteiger partial charge in [-0.2, -0.15) is 0 Å². The van der Waals surface area contributed by atoms with Crippen LogP contribution in [0, 0.1) is 23.6 Å². The molecule has 1 saturated heterocycles. The Morgan fingerprint density at radius 2 is 1.64 bits per heavy atom. The van der Waals surface area contributed by atoms with Gasteiger partial charge in [-0.05, 0) is 110 Å². The predicted octanol–water partition coefficient (Wildman–Crippen LogP) is 12.5. The van der Waals surface area contributed by atoms with Crippen molar-refractivity contribution in [1.29, 1.82) is 0 Å². The van der Waals surface area contributed by atoms with Crippen LogP contribution in [0.4, 0.5) is 4.39 Å². The smallest absolute Gasteiger partial charge is 0.239 e. The molecule has 1 amide bonds. The van der Waals surface area contributed by atoms with Gasteiger partial charge in [-0.15, -0.1) is 6.58 Å². The van der Waals surface area contributed by atoms with Crippen molar-refractivity contribution in [3.05, 3.63) is 114 Å². The highest BCUT2D eigenvalue weighted by molar-refractivity contribution is 6.03. The van der Waals surface area contributed by atoms with Gasteiger partial charge in [-0.3, -0.25) is 9.59 Å². The Bertz CT molecular complexity index is 2190. The summed E-state index contributed by atoms with van der Waals surface area (Å²) >= 11 is 0. The van der Waals surface area contributed by atoms with Crippen molar-refractivity contribution < 1.29 is 48.0 Å². The summed E-state index contributed by atoms with van der Waals surface area (Å²) in [5.74, 6) is -0.920. The third kappa shape index (κ3) is 13.5. The molecule has 7 unspecified atom stereocenters. The number of allylic oxidation sites excluding steroid dienone is 1. The maximum absolute atomic E-state index is 15.2. The first-order chi connectivity index (χ1) is 34.3. The average molecular weight is 965 g/mol. The second-order valence-corrected chi connectivity index (χ2v) is 19.7. The molecular formula is C58H77FN2O9. The number of aldehydes is 1. The molecule has 4 aliphatic rings. The van der Waals surface area contributed by atoms with Crippen LogP contribution in [-0.2, 0) is 25.7 Å². The minimum absolute atomic E-state index is 0.00723. The van der Waals surface area contributed by atoms with E-state index in [4.69, 9.17) is 28.9 Å². The van der Waals surface area contributed by atoms with Gasteiger partial charge in [0.15, 0.2) is 0 Å². The molecule has 0 radical (unpaired) electrons. The lowest BCUT2D eigenvalue weighted by Gasteiger charge is -2.60. The molecule has 380 valence electrons. The molecule has 0 bridgehead atoms. The number of aliphatic hydroxyl groups excluding tert-OH is 2. The maximum Gasteiger partial charge on any atom is 0.239 e. The van der Waals surface area contributed by atoms with E-state index in [1.165, 1.54) is 44.2 Å². The van der Waals surface area contributed by atoms with E-state index in [9.17, 15) is 19.4 Å². The van der Waals surface area contributed by atoms with Gasteiger partial charge in [-0.25, -0.2) is 4.39 Å². The van der Waals surface area contributed by atoms with Gasteiger partial charge in [0.1, 0.15) is 35.4 Å². The lowest BCUT2D eigenvalue weighted by molar-refractivity contribution is -0.258. The van der Waals surface area contributed by atoms with E-state index in [1.807, 2.05) is 29.2 Å². The maximum atomic E-state index is 15.2. The van der Waals surface area contributed by atoms with E-state index in [0.29, 0.717) is 60.8 Å². The molecule has 11 nitrogen and oxygen atoms in total. The lowest BCUT2D eigenvalue weighted by Crippen LogP contribution is -2.70. The first-order valence-corrected chi connectivity index (χ1v) is 26.4. The van der Waals surface area contributed by atoms with Crippen LogP contribution in [0.2, 0.25) is 0 Å². The number of carbonyl (C=O) groups is 2. The summed E-state index contributed by atoms with van der Waals surface area (Å²) in [5.41, 5.74) is 3.81. The molecular weight excluding hydrogens is 888 g/mol. The van der Waals surface area contributed by atoms with E-state index in [1.54, 1.807) is 36.4 Å². The second kappa shape index (κ2) is 27.1. The first kappa shape index (κ1) is 52.9. The van der Waals surface area contributed by atoms with Gasteiger partial charge in [0.2, 0.25) is 18.0 Å². The zero-order valence-corrected chi connectivity index (χ0v) is 41.5. The summed E-state index contributed by atoms with van der Waals surface area (Å²) in [4.78, 5) is 35.3. The van der Waals surface area contributed by atoms with Crippen molar-refractivity contribution in [1.82, 2.24) is 4.90 Å². The van der Waals surface area contributed by atoms with Gasteiger partial charge < -0.3 is 38.9 Å². The zero-order valence-electron chi connectivity index (χ0n) is 41.5. The number of nitrogens with zero attached hydrogens (tertiary/aromatic N) is 2. The summed E-state index contributed by atoms with van der Waals surface area (Å²) in [6, 6.07) is 18.5. The molecule has 0 aromatic heterocycles. The highest BCUT2D eigenvalue weighted by Gasteiger charge is 2.65. The number of halogens is 1. The molecule has 2 aliphatic carbocycles. The number of unbranched alkanes of at least 4 members (excludes halogenated alkanes) is 10. The first-order valence-electron chi connectivity index (χ1n) is 26.4. The number of benzene rings is 3. The number of aliphatic hydroxyl groups is 2. The van der Waals surface area contributed by atoms with E-state index >= 15 is 4.79 Å². The molecule has 7 rings (SSSR count). The fourth-order valence-corrected chi connectivity index (χ4v) is 11.3. The summed E-state index contributed by atoms with van der Waals surface area (Å²) in [5, 5.41) is 25.1. The molecule has 2 fully saturated rings. The van der Waals surface area contributed by atoms with E-state index < -0.39 is 24.0 Å². The molecule has 7 atom stereocenters. The Kier molecular flexibility index (Phi) is 20.5. The Morgan fingerprint density at radius 1 is 0.900 bits per heavy atom. The standard InChI is InChI=1S/C58H77FN2O9/c1-3-5-6-7-8-9-10-11-12-24-54(65)61(40-42-26-28-45(59)29-27-42)53-39-51(60-70-55-25-15-18-35-66-55)49-37-44(21-13-16-32-62)48(23-14-17-33-63)56-50-38-47(68-46-22-19-20-43(36-46)41-64)30-31-52(50)69-58(53,57(49)56)67-34-4-2/h4,19-20,22,26-31,36-38,41,44,48,53,55-57,62-63H,2-3,5-18,21,23-25,32-35,39-40H2,1H3. The second-order valence-electron chi connectivity index (χ2n) is 19.7. The number of ether oxygens (including phenoxy) is 4. The van der Waals surface area contributed by atoms with Crippen molar-refractivity contribution in [2.45, 2.75) is 166 Å². The molecule has 3 aromatic carbocycles. The summed E-state index contributed by atoms with van der Waals surface area (Å²) in [6.45, 7) is 7.37. The third-order valence-corrected chi connectivity index (χ3v) is 14.7. The quantitative estimate of drug-likeness (QED) is 0.0301. The van der Waals surface area contributed by atoms with Crippen LogP contribution >= 0.6 is 0 Å². The van der Waals surface area contributed by atoms with Crippen molar-refractivity contribution in [3.8, 4) is 17.2 Å². The van der Waals surface area contributed by atoms with Crippen molar-refractivity contribution in [2.75, 3.05) is 26.4 Å². The highest BCUT2D eigenvalue weighted by Crippen LogP contribution is 2.62. The van der Waals surface area contributed by atoms with Crippen molar-refractivity contribution in [2.24, 2.45) is 22.9 Å². The van der Waals surface area contributed by atoms with Crippen LogP contribution in [0.3, 0.4) is 0 Å². The Hall–Kier alpha value is -4.88. The number of rotatable bonds is 29. The Labute approximate surface area is 415 Å². The summed E-state index contributed by atoms with van der Waals surface area (Å²) in [7, 11) is 0. The largest absolute Gasteiger partial charge is 0.459 e. The van der Waals surface area contributed by atoms with Gasteiger partial charge in [0.05, 0.1) is 24.8 Å². The molecule has 12 heteroatoms. The lowest BCUT2D eigenvalue weighted by atomic mass is 9.55. The predicted molar refractivity (Wildman–Crippen MR) is 270 cm³/mol. The van der Waals surface area contributed by atoms with Crippen molar-refractivity contribution >= 4 is 17.9 Å². The fraction of sp³-hybridized carbons (Fsp3) is 0.569. The average Bonchev–Trinajstić information content (AvgIpc) is 3.38. The number of hydrogen-bond acceptors (Lipinski definition) is 10. The highest BCUT2D eigenvalue weighted by atomic mass is 19.1. The topological polar surface area (TPSA) is 136 Å². The minimum atomic E-state index is -1.46. The van der Waals surface area contributed by atoms with Crippen LogP contribution in [0.1, 0.15) is 163 Å². The van der Waals surface area contributed by atoms with Crippen LogP contribution in [-0.4, -0.2) is 77.6 Å². The Balaban J connectivity index is 1.38. The zero-order chi connectivity index (χ0) is 49.1. The normalized spacial score (nSPS) is 24.2. The van der Waals surface area contributed by atoms with E-state index in [0.717, 1.165) is 87.2 Å². The number of hydrogen-bond donors (Lipinski definition) is 2. The van der Waals surface area contributed by atoms with Gasteiger partial charge in [0, 0.05) is 56.1 Å². The molecule has 2 N–H and O–H groups in total. The van der Waals surface area contributed by atoms with Gasteiger partial charge in [-0.1, -0.05) is 113 Å². The third-order valence-electron chi connectivity index (χ3n) is 14.7. The number of amides is 1. The summed E-state index contributed by atoms with van der Waals surface area (Å²) in [6.07, 6.45) is 22.0. The van der Waals surface area contributed by atoms with Crippen LogP contribution in [0.5, 0.6) is 17.2 Å². The van der Waals surface area contributed by atoms with Crippen LogP contribution in [0.25, 0.3) is 0 Å². The SMILES string of the molecule is C=CCOC12Oc3ccc(Oc4cccc(C=O)c4)cc3C3C(CCCCO)C(CCCCO)C=C(C(=NOC4CCCCO4)CC1N(Cc1ccc(F)cc1)C(=O)CCCCCCCCCCC)C32. The molecule has 2 aliphatic heterocycles. The van der Waals surface area contributed by atoms with Crippen LogP contribution in [0.15, 0.2) is 96.2 Å². The van der Waals surface area contributed by atoms with Crippen LogP contribution < -0.4 is 9.47 Å². The minimum Gasteiger partial charge on any atom is -0.459 e. The van der Waals surface area contributed by atoms with Gasteiger partial charge in [0.25, 0.3) is 0 Å². The Morgan fingerprint density at radius 3 is 2.36 bits per heavy atom. The number of carbonyl (C=O) groups excluding carboxylic acids is 2. The fourth-order valence-electron chi connectivity index (χ4n) is 11.3. The van der Waals surface area contributed by atoms with E-state index in [-0.39, 0.29) is 62.3 Å². The summed E-state index contributed by atoms with van der Waals surface area (Å²) < 4.78 is 41.8. The monoisotopic (exact) mass is 965 g/mol.